The number of azo groups is 1. The van der Waals surface area contributed by atoms with Crippen LogP contribution in [0.25, 0.3) is 6.08 Å². The smallest absolute Gasteiger partial charge is 1.00 e. The van der Waals surface area contributed by atoms with Crippen LogP contribution in [-0.2, 0) is 19.6 Å². The van der Waals surface area contributed by atoms with Crippen molar-refractivity contribution >= 4 is 50.8 Å². The van der Waals surface area contributed by atoms with Gasteiger partial charge in [-0.25, -0.2) is 4.79 Å². The Bertz CT molecular complexity index is 1290. The van der Waals surface area contributed by atoms with E-state index in [4.69, 9.17) is 20.9 Å². The largest absolute Gasteiger partial charge is 1.00 e. The summed E-state index contributed by atoms with van der Waals surface area (Å²) in [5.74, 6) is -0.427. The molecule has 0 saturated carbocycles. The molecule has 3 aromatic carbocycles. The van der Waals surface area contributed by atoms with E-state index in [0.717, 1.165) is 11.3 Å². The second-order valence-electron chi connectivity index (χ2n) is 7.16. The van der Waals surface area contributed by atoms with Gasteiger partial charge in [0.25, 0.3) is 10.1 Å². The molecule has 35 heavy (non-hydrogen) atoms. The molecular formula is C24H23ClN3NaO5S. The number of carbonyl (C=O) groups excluding carboxylic acids is 1. The Balaban J connectivity index is 0.00000324. The van der Waals surface area contributed by atoms with E-state index in [1.165, 1.54) is 30.3 Å². The van der Waals surface area contributed by atoms with Gasteiger partial charge in [0, 0.05) is 23.8 Å². The Labute approximate surface area is 232 Å². The fourth-order valence-corrected chi connectivity index (χ4v) is 3.38. The molecule has 3 aromatic rings. The molecule has 0 aliphatic heterocycles. The molecule has 0 bridgehead atoms. The zero-order valence-electron chi connectivity index (χ0n) is 20.2. The Kier molecular flexibility index (Phi) is 11.1. The molecule has 0 spiro atoms. The van der Waals surface area contributed by atoms with Crippen molar-refractivity contribution in [1.82, 2.24) is 0 Å². The molecule has 8 nitrogen and oxygen atoms in total. The van der Waals surface area contributed by atoms with Crippen LogP contribution in [0.1, 0.15) is 6.99 Å². The van der Waals surface area contributed by atoms with Crippen LogP contribution in [0.4, 0.5) is 17.1 Å². The predicted octanol–water partition coefficient (Wildman–Crippen LogP) is 2.81. The summed E-state index contributed by atoms with van der Waals surface area (Å²) in [6.07, 6.45) is 3.04. The van der Waals surface area contributed by atoms with Crippen molar-refractivity contribution < 1.29 is 53.5 Å². The molecule has 0 fully saturated rings. The van der Waals surface area contributed by atoms with E-state index in [-0.39, 0.29) is 42.5 Å². The quantitative estimate of drug-likeness (QED) is 0.152. The monoisotopic (exact) mass is 523 g/mol. The Morgan fingerprint density at radius 1 is 1.00 bits per heavy atom. The number of esters is 1. The number of hydrogen-bond donors (Lipinski definition) is 1. The zero-order chi connectivity index (χ0) is 24.6. The molecule has 178 valence electrons. The summed E-state index contributed by atoms with van der Waals surface area (Å²) in [6.45, 7) is 0.725. The summed E-state index contributed by atoms with van der Waals surface area (Å²) in [4.78, 5) is 13.6. The van der Waals surface area contributed by atoms with Crippen LogP contribution in [0, 0.1) is 0 Å². The number of hydrogen-bond acceptors (Lipinski definition) is 7. The first-order valence-electron chi connectivity index (χ1n) is 10.1. The van der Waals surface area contributed by atoms with Gasteiger partial charge >= 0.3 is 35.5 Å². The van der Waals surface area contributed by atoms with E-state index < -0.39 is 16.1 Å². The maximum atomic E-state index is 11.9. The van der Waals surface area contributed by atoms with E-state index in [2.05, 4.69) is 10.2 Å². The van der Waals surface area contributed by atoms with Gasteiger partial charge in [-0.3, -0.25) is 4.55 Å². The number of benzene rings is 3. The van der Waals surface area contributed by atoms with Crippen LogP contribution < -0.4 is 34.5 Å². The van der Waals surface area contributed by atoms with Crippen LogP contribution in [0.2, 0.25) is 5.02 Å². The number of ether oxygens (including phenoxy) is 1. The van der Waals surface area contributed by atoms with E-state index >= 15 is 0 Å². The fourth-order valence-electron chi connectivity index (χ4n) is 2.77. The van der Waals surface area contributed by atoms with Crippen LogP contribution in [0.3, 0.4) is 0 Å². The molecule has 0 unspecified atom stereocenters. The minimum absolute atomic E-state index is 0. The molecule has 0 aromatic heterocycles. The fraction of sp³-hybridized carbons (Fsp3) is 0.125. The summed E-state index contributed by atoms with van der Waals surface area (Å²) in [6, 6.07) is 19.8. The molecule has 0 saturated heterocycles. The number of likely N-dealkylation sites (N-methyl/N-ethyl adjacent to an activating group) is 1. The Hall–Kier alpha value is -2.53. The standard InChI is InChI=1S/C24H22ClN3O5S.Na.H/c1-28(16-17-33-24(29)15-4-18-2-5-19(25)6-3-18)22-11-7-20(8-12-22)26-27-21-9-13-23(14-10-21)34(30,31)32;;/h2-15H,16-17H2,1H3,(H,30,31,32);;/q;+1;-1/b15-4+,27-26?;;. The van der Waals surface area contributed by atoms with Crippen LogP contribution in [0.15, 0.2) is 94.0 Å². The summed E-state index contributed by atoms with van der Waals surface area (Å²) in [7, 11) is -2.36. The van der Waals surface area contributed by atoms with Crippen LogP contribution in [-0.4, -0.2) is 39.1 Å². The summed E-state index contributed by atoms with van der Waals surface area (Å²) in [5.41, 5.74) is 2.81. The molecule has 0 atom stereocenters. The second kappa shape index (κ2) is 13.5. The first-order chi connectivity index (χ1) is 16.2. The average Bonchev–Trinajstić information content (AvgIpc) is 2.82. The van der Waals surface area contributed by atoms with E-state index in [0.29, 0.717) is 22.9 Å². The van der Waals surface area contributed by atoms with Gasteiger partial charge in [-0.05, 0) is 72.3 Å². The topological polar surface area (TPSA) is 109 Å². The summed E-state index contributed by atoms with van der Waals surface area (Å²) in [5, 5.41) is 8.80. The van der Waals surface area contributed by atoms with Crippen LogP contribution >= 0.6 is 11.6 Å². The van der Waals surface area contributed by atoms with Gasteiger partial charge in [0.15, 0.2) is 0 Å². The minimum Gasteiger partial charge on any atom is -1.00 e. The van der Waals surface area contributed by atoms with E-state index in [1.54, 1.807) is 30.3 Å². The van der Waals surface area contributed by atoms with Crippen molar-refractivity contribution in [2.75, 3.05) is 25.1 Å². The number of carbonyl (C=O) groups is 1. The molecule has 11 heteroatoms. The van der Waals surface area contributed by atoms with Gasteiger partial charge in [-0.2, -0.15) is 18.6 Å². The molecule has 0 aliphatic rings. The van der Waals surface area contributed by atoms with Gasteiger partial charge in [0.1, 0.15) is 6.61 Å². The third kappa shape index (κ3) is 9.56. The molecule has 0 heterocycles. The molecule has 0 radical (unpaired) electrons. The van der Waals surface area contributed by atoms with Crippen molar-refractivity contribution in [3.05, 3.63) is 89.5 Å². The molecule has 3 rings (SSSR count). The Morgan fingerprint density at radius 3 is 2.09 bits per heavy atom. The maximum Gasteiger partial charge on any atom is 1.00 e. The third-order valence-electron chi connectivity index (χ3n) is 4.66. The number of rotatable bonds is 9. The number of halogens is 1. The van der Waals surface area contributed by atoms with Crippen LogP contribution in [0.5, 0.6) is 0 Å². The number of anilines is 1. The van der Waals surface area contributed by atoms with Gasteiger partial charge in [0.05, 0.1) is 22.8 Å². The third-order valence-corrected chi connectivity index (χ3v) is 5.78. The first-order valence-corrected chi connectivity index (χ1v) is 11.9. The van der Waals surface area contributed by atoms with Gasteiger partial charge in [0.2, 0.25) is 0 Å². The van der Waals surface area contributed by atoms with E-state index in [1.807, 2.05) is 36.2 Å². The summed E-state index contributed by atoms with van der Waals surface area (Å²) >= 11 is 5.84. The van der Waals surface area contributed by atoms with Crippen molar-refractivity contribution in [3.63, 3.8) is 0 Å². The van der Waals surface area contributed by atoms with Crippen molar-refractivity contribution in [2.24, 2.45) is 10.2 Å². The number of nitrogens with zero attached hydrogens (tertiary/aromatic N) is 3. The predicted molar refractivity (Wildman–Crippen MR) is 133 cm³/mol. The van der Waals surface area contributed by atoms with Gasteiger partial charge < -0.3 is 11.1 Å². The maximum absolute atomic E-state index is 11.9. The SMILES string of the molecule is CN(CCOC(=O)/C=C/c1ccc(Cl)cc1)c1ccc(N=Nc2ccc(S(=O)(=O)O)cc2)cc1.[H-].[Na+]. The zero-order valence-corrected chi connectivity index (χ0v) is 22.8. The van der Waals surface area contributed by atoms with Gasteiger partial charge in [-0.15, -0.1) is 0 Å². The molecule has 1 N–H and O–H groups in total. The summed E-state index contributed by atoms with van der Waals surface area (Å²) < 4.78 is 36.4. The molecule has 0 aliphatic carbocycles. The first kappa shape index (κ1) is 28.7. The van der Waals surface area contributed by atoms with Crippen molar-refractivity contribution in [3.8, 4) is 0 Å². The molecular weight excluding hydrogens is 501 g/mol. The van der Waals surface area contributed by atoms with Crippen molar-refractivity contribution in [1.29, 1.82) is 0 Å². The van der Waals surface area contributed by atoms with Crippen molar-refractivity contribution in [2.45, 2.75) is 4.90 Å². The minimum atomic E-state index is -4.24. The second-order valence-corrected chi connectivity index (χ2v) is 9.02. The Morgan fingerprint density at radius 2 is 1.54 bits per heavy atom. The molecule has 0 amide bonds. The van der Waals surface area contributed by atoms with E-state index in [9.17, 15) is 13.2 Å². The van der Waals surface area contributed by atoms with Gasteiger partial charge in [-0.1, -0.05) is 23.7 Å². The normalized spacial score (nSPS) is 11.4. The average molecular weight is 524 g/mol.